The second-order valence-corrected chi connectivity index (χ2v) is 10.5. The number of amides is 1. The lowest BCUT2D eigenvalue weighted by Gasteiger charge is -2.32. The lowest BCUT2D eigenvalue weighted by molar-refractivity contribution is -0.734. The number of hydrogen-bond acceptors (Lipinski definition) is 4. The molecule has 0 aliphatic carbocycles. The van der Waals surface area contributed by atoms with Crippen LogP contribution in [0.25, 0.3) is 0 Å². The van der Waals surface area contributed by atoms with E-state index in [2.05, 4.69) is 46.3 Å². The maximum absolute atomic E-state index is 12.7. The molecule has 40 heavy (non-hydrogen) atoms. The van der Waals surface area contributed by atoms with Gasteiger partial charge in [-0.25, -0.2) is 18.7 Å². The summed E-state index contributed by atoms with van der Waals surface area (Å²) in [6.45, 7) is 5.32. The molecule has 0 spiro atoms. The second kappa shape index (κ2) is 13.1. The summed E-state index contributed by atoms with van der Waals surface area (Å²) in [5.74, 6) is -0.547. The zero-order valence-corrected chi connectivity index (χ0v) is 25.7. The van der Waals surface area contributed by atoms with E-state index in [1.807, 2.05) is 78.7 Å². The summed E-state index contributed by atoms with van der Waals surface area (Å²) in [7, 11) is 3.24. The van der Waals surface area contributed by atoms with E-state index >= 15 is 0 Å². The number of esters is 1. The molecule has 1 aromatic heterocycles. The van der Waals surface area contributed by atoms with Crippen LogP contribution in [0.15, 0.2) is 104 Å². The molecule has 7 nitrogen and oxygen atoms in total. The van der Waals surface area contributed by atoms with Crippen LogP contribution in [0.2, 0.25) is 0 Å². The third-order valence-electron chi connectivity index (χ3n) is 6.59. The molecule has 1 heterocycles. The first-order valence-corrected chi connectivity index (χ1v) is 13.0. The summed E-state index contributed by atoms with van der Waals surface area (Å²) in [4.78, 5) is 25.2. The van der Waals surface area contributed by atoms with Crippen LogP contribution in [0.3, 0.4) is 0 Å². The molecule has 1 amide bonds. The number of ether oxygens (including phenoxy) is 2. The highest BCUT2D eigenvalue weighted by Crippen LogP contribution is 2.36. The fourth-order valence-corrected chi connectivity index (χ4v) is 4.91. The summed E-state index contributed by atoms with van der Waals surface area (Å²) in [5.41, 5.74) is 2.69. The largest absolute Gasteiger partial charge is 1.00 e. The second-order valence-electron chi connectivity index (χ2n) is 10.5. The van der Waals surface area contributed by atoms with Crippen molar-refractivity contribution in [2.45, 2.75) is 44.4 Å². The molecule has 3 aromatic carbocycles. The van der Waals surface area contributed by atoms with Gasteiger partial charge in [0.15, 0.2) is 5.54 Å². The van der Waals surface area contributed by atoms with E-state index in [1.165, 1.54) is 7.11 Å². The number of methoxy groups -OCH3 is 1. The number of rotatable bonds is 8. The topological polar surface area (TPSA) is 73.4 Å². The first kappa shape index (κ1) is 30.9. The number of aromatic nitrogens is 2. The lowest BCUT2D eigenvalue weighted by atomic mass is 9.77. The van der Waals surface area contributed by atoms with E-state index in [0.29, 0.717) is 0 Å². The smallest absolute Gasteiger partial charge is 0.408 e. The first-order chi connectivity index (χ1) is 18.6. The molecule has 4 rings (SSSR count). The van der Waals surface area contributed by atoms with Gasteiger partial charge in [0.25, 0.3) is 0 Å². The van der Waals surface area contributed by atoms with Gasteiger partial charge in [-0.05, 0) is 20.8 Å². The Morgan fingerprint density at radius 3 is 1.70 bits per heavy atom. The Morgan fingerprint density at radius 2 is 1.30 bits per heavy atom. The van der Waals surface area contributed by atoms with Crippen molar-refractivity contribution >= 4 is 12.1 Å². The summed E-state index contributed by atoms with van der Waals surface area (Å²) in [6.07, 6.45) is 3.58. The quantitative estimate of drug-likeness (QED) is 0.136. The van der Waals surface area contributed by atoms with E-state index in [1.54, 1.807) is 20.8 Å². The molecule has 0 bridgehead atoms. The predicted molar refractivity (Wildman–Crippen MR) is 149 cm³/mol. The van der Waals surface area contributed by atoms with Gasteiger partial charge in [-0.15, -0.1) is 0 Å². The lowest BCUT2D eigenvalue weighted by Crippen LogP contribution is -3.00. The molecule has 1 atom stereocenters. The van der Waals surface area contributed by atoms with E-state index in [9.17, 15) is 9.59 Å². The van der Waals surface area contributed by atoms with Gasteiger partial charge in [0, 0.05) is 23.1 Å². The summed E-state index contributed by atoms with van der Waals surface area (Å²) in [5, 5.41) is 2.68. The fourth-order valence-electron chi connectivity index (χ4n) is 4.91. The Morgan fingerprint density at radius 1 is 0.850 bits per heavy atom. The molecular weight excluding hydrogens is 617 g/mol. The fraction of sp³-hybridized carbons (Fsp3) is 0.281. The van der Waals surface area contributed by atoms with Crippen LogP contribution in [0.5, 0.6) is 0 Å². The van der Waals surface area contributed by atoms with Gasteiger partial charge >= 0.3 is 12.1 Å². The normalized spacial score (nSPS) is 12.1. The van der Waals surface area contributed by atoms with Crippen molar-refractivity contribution < 1.29 is 47.6 Å². The molecule has 0 saturated carbocycles. The predicted octanol–water partition coefficient (Wildman–Crippen LogP) is 1.77. The molecule has 210 valence electrons. The van der Waals surface area contributed by atoms with Gasteiger partial charge in [-0.1, -0.05) is 91.0 Å². The van der Waals surface area contributed by atoms with Gasteiger partial charge in [0.1, 0.15) is 23.5 Å². The molecule has 0 radical (unpaired) electrons. The van der Waals surface area contributed by atoms with E-state index < -0.39 is 29.2 Å². The van der Waals surface area contributed by atoms with Crippen molar-refractivity contribution in [3.05, 3.63) is 126 Å². The molecule has 1 unspecified atom stereocenters. The summed E-state index contributed by atoms with van der Waals surface area (Å²) >= 11 is 0. The maximum Gasteiger partial charge on any atom is 0.408 e. The van der Waals surface area contributed by atoms with Crippen LogP contribution < -0.4 is 33.9 Å². The molecule has 8 heteroatoms. The third-order valence-corrected chi connectivity index (χ3v) is 6.59. The molecule has 4 aromatic rings. The number of carbonyl (C=O) groups is 2. The summed E-state index contributed by atoms with van der Waals surface area (Å²) < 4.78 is 14.5. The zero-order chi connectivity index (χ0) is 28.0. The Kier molecular flexibility index (Phi) is 10.1. The number of nitrogens with zero attached hydrogens (tertiary/aromatic N) is 2. The van der Waals surface area contributed by atoms with Crippen molar-refractivity contribution in [1.29, 1.82) is 0 Å². The Labute approximate surface area is 253 Å². The Hall–Kier alpha value is -3.66. The number of hydrogen-bond donors (Lipinski definition) is 1. The van der Waals surface area contributed by atoms with Crippen molar-refractivity contribution in [2.75, 3.05) is 7.11 Å². The first-order valence-electron chi connectivity index (χ1n) is 13.0. The number of nitrogens with one attached hydrogen (secondary N) is 1. The molecule has 0 aliphatic rings. The zero-order valence-electron chi connectivity index (χ0n) is 23.5. The van der Waals surface area contributed by atoms with Crippen LogP contribution in [0.4, 0.5) is 4.79 Å². The minimum atomic E-state index is -0.925. The average molecular weight is 654 g/mol. The van der Waals surface area contributed by atoms with E-state index in [4.69, 9.17) is 9.47 Å². The molecule has 0 saturated heterocycles. The SMILES string of the molecule is COC(=O)C(Cc1c[n+](C(c2ccccc2)(c2ccccc2)c2ccccc2)cn1C)NC(=O)OC(C)(C)C.[I-]. The van der Waals surface area contributed by atoms with Crippen molar-refractivity contribution in [3.63, 3.8) is 0 Å². The number of aryl methyl sites for hydroxylation is 1. The molecular formula is C32H36IN3O4. The van der Waals surface area contributed by atoms with Crippen LogP contribution in [-0.4, -0.2) is 35.4 Å². The number of carbonyl (C=O) groups excluding carboxylic acids is 2. The third kappa shape index (κ3) is 6.72. The Bertz CT molecular complexity index is 1300. The van der Waals surface area contributed by atoms with Crippen LogP contribution >= 0.6 is 0 Å². The number of imidazole rings is 1. The van der Waals surface area contributed by atoms with Crippen molar-refractivity contribution in [3.8, 4) is 0 Å². The van der Waals surface area contributed by atoms with Crippen LogP contribution in [-0.2, 0) is 33.3 Å². The number of alkyl carbamates (subject to hydrolysis) is 1. The highest BCUT2D eigenvalue weighted by Gasteiger charge is 2.43. The summed E-state index contributed by atoms with van der Waals surface area (Å²) in [6, 6.07) is 30.1. The maximum atomic E-state index is 12.7. The van der Waals surface area contributed by atoms with E-state index in [-0.39, 0.29) is 30.4 Å². The standard InChI is InChI=1S/C32H35N3O4.HI/c1-31(2,3)39-30(37)33-28(29(36)38-5)21-27-22-35(23-34(27)4)32(24-15-9-6-10-16-24,25-17-11-7-12-18-25)26-19-13-8-14-20-26;/h6-20,22-23,28H,21H2,1-5H3;1H. The minimum Gasteiger partial charge on any atom is -1.00 e. The highest BCUT2D eigenvalue weighted by molar-refractivity contribution is 5.81. The number of halogens is 1. The van der Waals surface area contributed by atoms with Crippen molar-refractivity contribution in [2.24, 2.45) is 7.05 Å². The molecule has 1 N–H and O–H groups in total. The van der Waals surface area contributed by atoms with Gasteiger partial charge in [0.05, 0.1) is 14.2 Å². The van der Waals surface area contributed by atoms with Crippen LogP contribution in [0, 0.1) is 0 Å². The van der Waals surface area contributed by atoms with Gasteiger partial charge < -0.3 is 38.8 Å². The highest BCUT2D eigenvalue weighted by atomic mass is 127. The molecule has 0 aliphatic heterocycles. The van der Waals surface area contributed by atoms with E-state index in [0.717, 1.165) is 22.4 Å². The average Bonchev–Trinajstić information content (AvgIpc) is 3.29. The van der Waals surface area contributed by atoms with Gasteiger partial charge in [0.2, 0.25) is 6.33 Å². The Balaban J connectivity index is 0.00000441. The number of benzene rings is 3. The van der Waals surface area contributed by atoms with Gasteiger partial charge in [-0.3, -0.25) is 0 Å². The van der Waals surface area contributed by atoms with Crippen LogP contribution in [0.1, 0.15) is 43.2 Å². The molecule has 0 fully saturated rings. The monoisotopic (exact) mass is 653 g/mol. The van der Waals surface area contributed by atoms with Gasteiger partial charge in [-0.2, -0.15) is 0 Å². The van der Waals surface area contributed by atoms with Crippen molar-refractivity contribution in [1.82, 2.24) is 9.88 Å². The minimum absolute atomic E-state index is 0.